The third kappa shape index (κ3) is 3.30. The first-order chi connectivity index (χ1) is 8.94. The fourth-order valence-corrected chi connectivity index (χ4v) is 3.33. The number of piperazine rings is 1. The number of halogens is 1. The van der Waals surface area contributed by atoms with Gasteiger partial charge >= 0.3 is 0 Å². The van der Waals surface area contributed by atoms with E-state index in [1.54, 1.807) is 0 Å². The predicted molar refractivity (Wildman–Crippen MR) is 83.8 cm³/mol. The highest BCUT2D eigenvalue weighted by atomic mass is 79.9. The van der Waals surface area contributed by atoms with Gasteiger partial charge in [-0.2, -0.15) is 0 Å². The molecule has 1 unspecified atom stereocenters. The molecule has 1 aliphatic rings. The van der Waals surface area contributed by atoms with Crippen molar-refractivity contribution in [3.05, 3.63) is 28.2 Å². The summed E-state index contributed by atoms with van der Waals surface area (Å²) in [6.07, 6.45) is 0.802. The SMILES string of the molecule is Cc1ccc(N2CC(CCO)NCC2(C)C)c(Br)c1. The van der Waals surface area contributed by atoms with E-state index in [4.69, 9.17) is 5.11 Å². The molecule has 0 saturated carbocycles. The Balaban J connectivity index is 2.27. The molecule has 106 valence electrons. The number of aliphatic hydroxyl groups excluding tert-OH is 1. The molecule has 2 rings (SSSR count). The minimum atomic E-state index is 0.0731. The topological polar surface area (TPSA) is 35.5 Å². The van der Waals surface area contributed by atoms with E-state index >= 15 is 0 Å². The Hall–Kier alpha value is -0.580. The molecule has 1 heterocycles. The molecule has 4 heteroatoms. The lowest BCUT2D eigenvalue weighted by Gasteiger charge is -2.48. The second kappa shape index (κ2) is 5.81. The molecule has 0 spiro atoms. The van der Waals surface area contributed by atoms with Crippen molar-refractivity contribution in [2.45, 2.75) is 38.8 Å². The van der Waals surface area contributed by atoms with Crippen molar-refractivity contribution in [3.63, 3.8) is 0 Å². The second-order valence-electron chi connectivity index (χ2n) is 5.97. The quantitative estimate of drug-likeness (QED) is 0.896. The largest absolute Gasteiger partial charge is 0.396 e. The molecule has 2 N–H and O–H groups in total. The number of hydrogen-bond donors (Lipinski definition) is 2. The Morgan fingerprint density at radius 1 is 1.47 bits per heavy atom. The molecule has 1 aliphatic heterocycles. The molecule has 0 aliphatic carbocycles. The van der Waals surface area contributed by atoms with Gasteiger partial charge in [-0.3, -0.25) is 0 Å². The molecule has 1 saturated heterocycles. The average Bonchev–Trinajstić information content (AvgIpc) is 2.32. The Kier molecular flexibility index (Phi) is 4.54. The van der Waals surface area contributed by atoms with Crippen molar-refractivity contribution >= 4 is 21.6 Å². The minimum Gasteiger partial charge on any atom is -0.396 e. The first-order valence-electron chi connectivity index (χ1n) is 6.82. The van der Waals surface area contributed by atoms with Gasteiger partial charge in [0.15, 0.2) is 0 Å². The van der Waals surface area contributed by atoms with Crippen LogP contribution < -0.4 is 10.2 Å². The van der Waals surface area contributed by atoms with Crippen LogP contribution in [0.4, 0.5) is 5.69 Å². The first-order valence-corrected chi connectivity index (χ1v) is 7.61. The molecule has 1 fully saturated rings. The normalized spacial score (nSPS) is 22.6. The van der Waals surface area contributed by atoms with E-state index in [0.29, 0.717) is 6.04 Å². The molecule has 1 aromatic rings. The van der Waals surface area contributed by atoms with E-state index in [1.807, 2.05) is 0 Å². The highest BCUT2D eigenvalue weighted by molar-refractivity contribution is 9.10. The lowest BCUT2D eigenvalue weighted by atomic mass is 9.95. The smallest absolute Gasteiger partial charge is 0.0516 e. The molecule has 0 amide bonds. The third-order valence-electron chi connectivity index (χ3n) is 3.83. The van der Waals surface area contributed by atoms with Crippen LogP contribution in [0.5, 0.6) is 0 Å². The Labute approximate surface area is 124 Å². The number of nitrogens with one attached hydrogen (secondary N) is 1. The zero-order valence-corrected chi connectivity index (χ0v) is 13.5. The molecular weight excluding hydrogens is 304 g/mol. The molecule has 0 bridgehead atoms. The first kappa shape index (κ1) is 14.8. The Morgan fingerprint density at radius 3 is 2.84 bits per heavy atom. The summed E-state index contributed by atoms with van der Waals surface area (Å²) in [7, 11) is 0. The van der Waals surface area contributed by atoms with Crippen LogP contribution in [0.3, 0.4) is 0 Å². The van der Waals surface area contributed by atoms with Crippen molar-refractivity contribution in [1.82, 2.24) is 5.32 Å². The predicted octanol–water partition coefficient (Wildman–Crippen LogP) is 2.70. The summed E-state index contributed by atoms with van der Waals surface area (Å²) < 4.78 is 1.14. The minimum absolute atomic E-state index is 0.0731. The molecule has 0 radical (unpaired) electrons. The zero-order valence-electron chi connectivity index (χ0n) is 11.9. The summed E-state index contributed by atoms with van der Waals surface area (Å²) in [5.41, 5.74) is 2.57. The number of nitrogens with zero attached hydrogens (tertiary/aromatic N) is 1. The summed E-state index contributed by atoms with van der Waals surface area (Å²) in [5, 5.41) is 12.7. The summed E-state index contributed by atoms with van der Waals surface area (Å²) in [4.78, 5) is 2.44. The lowest BCUT2D eigenvalue weighted by molar-refractivity contribution is 0.239. The number of anilines is 1. The Morgan fingerprint density at radius 2 is 2.21 bits per heavy atom. The highest BCUT2D eigenvalue weighted by Gasteiger charge is 2.34. The maximum absolute atomic E-state index is 9.13. The van der Waals surface area contributed by atoms with Crippen LogP contribution in [0.2, 0.25) is 0 Å². The molecule has 19 heavy (non-hydrogen) atoms. The maximum Gasteiger partial charge on any atom is 0.0516 e. The van der Waals surface area contributed by atoms with Crippen molar-refractivity contribution in [3.8, 4) is 0 Å². The number of hydrogen-bond acceptors (Lipinski definition) is 3. The van der Waals surface area contributed by atoms with Crippen LogP contribution in [-0.2, 0) is 0 Å². The van der Waals surface area contributed by atoms with Gasteiger partial charge in [0.25, 0.3) is 0 Å². The fourth-order valence-electron chi connectivity index (χ4n) is 2.63. The number of aryl methyl sites for hydroxylation is 1. The van der Waals surface area contributed by atoms with Crippen LogP contribution in [0.25, 0.3) is 0 Å². The molecule has 1 atom stereocenters. The van der Waals surface area contributed by atoms with Gasteiger partial charge in [0.05, 0.1) is 5.69 Å². The van der Waals surface area contributed by atoms with E-state index in [2.05, 4.69) is 65.1 Å². The Bertz CT molecular complexity index is 448. The van der Waals surface area contributed by atoms with Gasteiger partial charge in [0, 0.05) is 35.7 Å². The van der Waals surface area contributed by atoms with Crippen molar-refractivity contribution in [2.75, 3.05) is 24.6 Å². The summed E-state index contributed by atoms with van der Waals surface area (Å²) in [6.45, 7) is 8.70. The maximum atomic E-state index is 9.13. The molecule has 1 aromatic carbocycles. The summed E-state index contributed by atoms with van der Waals surface area (Å²) >= 11 is 3.68. The second-order valence-corrected chi connectivity index (χ2v) is 6.82. The summed E-state index contributed by atoms with van der Waals surface area (Å²) in [5.74, 6) is 0. The number of aliphatic hydroxyl groups is 1. The zero-order chi connectivity index (χ0) is 14.0. The molecular formula is C15H23BrN2O. The van der Waals surface area contributed by atoms with Gasteiger partial charge < -0.3 is 15.3 Å². The average molecular weight is 327 g/mol. The van der Waals surface area contributed by atoms with E-state index in [-0.39, 0.29) is 12.1 Å². The summed E-state index contributed by atoms with van der Waals surface area (Å²) in [6, 6.07) is 6.85. The third-order valence-corrected chi connectivity index (χ3v) is 4.46. The lowest BCUT2D eigenvalue weighted by Crippen LogP contribution is -2.62. The van der Waals surface area contributed by atoms with E-state index < -0.39 is 0 Å². The van der Waals surface area contributed by atoms with Gasteiger partial charge in [-0.05, 0) is 60.8 Å². The fraction of sp³-hybridized carbons (Fsp3) is 0.600. The van der Waals surface area contributed by atoms with Gasteiger partial charge in [0.2, 0.25) is 0 Å². The van der Waals surface area contributed by atoms with Gasteiger partial charge in [-0.1, -0.05) is 6.07 Å². The van der Waals surface area contributed by atoms with Gasteiger partial charge in [-0.25, -0.2) is 0 Å². The van der Waals surface area contributed by atoms with Crippen LogP contribution >= 0.6 is 15.9 Å². The van der Waals surface area contributed by atoms with Crippen LogP contribution in [-0.4, -0.2) is 36.4 Å². The number of benzene rings is 1. The van der Waals surface area contributed by atoms with E-state index in [9.17, 15) is 0 Å². The van der Waals surface area contributed by atoms with Crippen molar-refractivity contribution < 1.29 is 5.11 Å². The van der Waals surface area contributed by atoms with Crippen LogP contribution in [0.15, 0.2) is 22.7 Å². The highest BCUT2D eigenvalue weighted by Crippen LogP contribution is 2.33. The van der Waals surface area contributed by atoms with Gasteiger partial charge in [-0.15, -0.1) is 0 Å². The van der Waals surface area contributed by atoms with Crippen molar-refractivity contribution in [1.29, 1.82) is 0 Å². The van der Waals surface area contributed by atoms with Crippen LogP contribution in [0, 0.1) is 6.92 Å². The van der Waals surface area contributed by atoms with Crippen LogP contribution in [0.1, 0.15) is 25.8 Å². The van der Waals surface area contributed by atoms with E-state index in [1.165, 1.54) is 11.3 Å². The van der Waals surface area contributed by atoms with E-state index in [0.717, 1.165) is 24.0 Å². The standard InChI is InChI=1S/C15H23BrN2O/c1-11-4-5-14(13(16)8-11)18-9-12(6-7-19)17-10-15(18,2)3/h4-5,8,12,17,19H,6-7,9-10H2,1-3H3. The molecule has 0 aromatic heterocycles. The van der Waals surface area contributed by atoms with Gasteiger partial charge in [0.1, 0.15) is 0 Å². The monoisotopic (exact) mass is 326 g/mol. The van der Waals surface area contributed by atoms with Crippen molar-refractivity contribution in [2.24, 2.45) is 0 Å². The number of rotatable bonds is 3. The molecule has 3 nitrogen and oxygen atoms in total.